The van der Waals surface area contributed by atoms with Crippen LogP contribution < -0.4 is 9.64 Å². The predicted octanol–water partition coefficient (Wildman–Crippen LogP) is 2.79. The smallest absolute Gasteiger partial charge is 0.241 e. The first-order valence-electron chi connectivity index (χ1n) is 7.23. The zero-order valence-corrected chi connectivity index (χ0v) is 13.3. The van der Waals surface area contributed by atoms with E-state index in [9.17, 15) is 4.79 Å². The number of hydrogen-bond acceptors (Lipinski definition) is 3. The van der Waals surface area contributed by atoms with Crippen LogP contribution in [0.25, 0.3) is 0 Å². The maximum Gasteiger partial charge on any atom is 0.241 e. The highest BCUT2D eigenvalue weighted by molar-refractivity contribution is 5.81. The second-order valence-corrected chi connectivity index (χ2v) is 5.33. The third kappa shape index (κ3) is 4.25. The van der Waals surface area contributed by atoms with Crippen LogP contribution >= 0.6 is 0 Å². The maximum absolute atomic E-state index is 12.1. The van der Waals surface area contributed by atoms with Gasteiger partial charge in [-0.05, 0) is 29.8 Å². The molecule has 0 spiro atoms. The molecule has 0 bridgehead atoms. The van der Waals surface area contributed by atoms with Crippen LogP contribution in [-0.2, 0) is 11.3 Å². The van der Waals surface area contributed by atoms with E-state index in [2.05, 4.69) is 17.0 Å². The molecule has 0 saturated heterocycles. The zero-order valence-electron chi connectivity index (χ0n) is 13.3. The van der Waals surface area contributed by atoms with Gasteiger partial charge in [-0.15, -0.1) is 0 Å². The Morgan fingerprint density at radius 3 is 2.18 bits per heavy atom. The third-order valence-electron chi connectivity index (χ3n) is 3.48. The monoisotopic (exact) mass is 298 g/mol. The fourth-order valence-corrected chi connectivity index (χ4v) is 2.14. The number of hydrogen-bond donors (Lipinski definition) is 0. The lowest BCUT2D eigenvalue weighted by molar-refractivity contribution is -0.127. The van der Waals surface area contributed by atoms with E-state index in [1.807, 2.05) is 42.5 Å². The Hall–Kier alpha value is -2.49. The molecule has 0 unspecified atom stereocenters. The Bertz CT molecular complexity index is 594. The molecule has 0 aromatic heterocycles. The number of carbonyl (C=O) groups excluding carboxylic acids is 1. The SMILES string of the molecule is COc1ccc(N(CC(=O)N(C)C)Cc2ccccc2)cc1. The molecule has 116 valence electrons. The summed E-state index contributed by atoms with van der Waals surface area (Å²) < 4.78 is 5.19. The van der Waals surface area contributed by atoms with Crippen molar-refractivity contribution in [3.8, 4) is 5.75 Å². The number of amides is 1. The molecule has 4 nitrogen and oxygen atoms in total. The van der Waals surface area contributed by atoms with Crippen LogP contribution in [0.5, 0.6) is 5.75 Å². The largest absolute Gasteiger partial charge is 0.497 e. The molecule has 0 fully saturated rings. The van der Waals surface area contributed by atoms with Crippen molar-refractivity contribution in [2.45, 2.75) is 6.54 Å². The van der Waals surface area contributed by atoms with Crippen molar-refractivity contribution in [3.05, 3.63) is 60.2 Å². The fourth-order valence-electron chi connectivity index (χ4n) is 2.14. The van der Waals surface area contributed by atoms with E-state index in [-0.39, 0.29) is 5.91 Å². The number of anilines is 1. The van der Waals surface area contributed by atoms with E-state index in [1.54, 1.807) is 26.1 Å². The Kier molecular flexibility index (Phi) is 5.42. The first-order chi connectivity index (χ1) is 10.6. The minimum Gasteiger partial charge on any atom is -0.497 e. The summed E-state index contributed by atoms with van der Waals surface area (Å²) in [4.78, 5) is 15.8. The molecule has 4 heteroatoms. The molecule has 0 aliphatic heterocycles. The van der Waals surface area contributed by atoms with E-state index >= 15 is 0 Å². The number of carbonyl (C=O) groups is 1. The van der Waals surface area contributed by atoms with Crippen molar-refractivity contribution < 1.29 is 9.53 Å². The number of rotatable bonds is 6. The molecular formula is C18H22N2O2. The molecular weight excluding hydrogens is 276 g/mol. The molecule has 0 saturated carbocycles. The topological polar surface area (TPSA) is 32.8 Å². The van der Waals surface area contributed by atoms with Crippen LogP contribution in [0.2, 0.25) is 0 Å². The molecule has 1 amide bonds. The molecule has 0 N–H and O–H groups in total. The quantitative estimate of drug-likeness (QED) is 0.822. The highest BCUT2D eigenvalue weighted by Crippen LogP contribution is 2.21. The molecule has 2 rings (SSSR count). The summed E-state index contributed by atoms with van der Waals surface area (Å²) in [5, 5.41) is 0. The van der Waals surface area contributed by atoms with Crippen molar-refractivity contribution in [3.63, 3.8) is 0 Å². The van der Waals surface area contributed by atoms with Crippen molar-refractivity contribution in [1.29, 1.82) is 0 Å². The number of nitrogens with zero attached hydrogens (tertiary/aromatic N) is 2. The lowest BCUT2D eigenvalue weighted by Crippen LogP contribution is -2.36. The third-order valence-corrected chi connectivity index (χ3v) is 3.48. The van der Waals surface area contributed by atoms with Crippen LogP contribution in [0.4, 0.5) is 5.69 Å². The predicted molar refractivity (Wildman–Crippen MR) is 89.2 cm³/mol. The Labute approximate surface area is 131 Å². The van der Waals surface area contributed by atoms with Gasteiger partial charge in [-0.25, -0.2) is 0 Å². The highest BCUT2D eigenvalue weighted by Gasteiger charge is 2.13. The Balaban J connectivity index is 2.21. The van der Waals surface area contributed by atoms with Crippen LogP contribution in [-0.4, -0.2) is 38.6 Å². The maximum atomic E-state index is 12.1. The standard InChI is InChI=1S/C18H22N2O2/c1-19(2)18(21)14-20(13-15-7-5-4-6-8-15)16-9-11-17(22-3)12-10-16/h4-12H,13-14H2,1-3H3. The van der Waals surface area contributed by atoms with Gasteiger partial charge in [0.1, 0.15) is 5.75 Å². The number of ether oxygens (including phenoxy) is 1. The number of likely N-dealkylation sites (N-methyl/N-ethyl adjacent to an activating group) is 1. The van der Waals surface area contributed by atoms with Crippen molar-refractivity contribution >= 4 is 11.6 Å². The Morgan fingerprint density at radius 2 is 1.64 bits per heavy atom. The average molecular weight is 298 g/mol. The van der Waals surface area contributed by atoms with Crippen LogP contribution in [0.15, 0.2) is 54.6 Å². The summed E-state index contributed by atoms with van der Waals surface area (Å²) in [6, 6.07) is 17.9. The second kappa shape index (κ2) is 7.50. The van der Waals surface area contributed by atoms with Crippen LogP contribution in [0.3, 0.4) is 0 Å². The first kappa shape index (κ1) is 15.9. The summed E-state index contributed by atoms with van der Waals surface area (Å²) in [7, 11) is 5.19. The van der Waals surface area contributed by atoms with E-state index in [1.165, 1.54) is 5.56 Å². The van der Waals surface area contributed by atoms with Crippen LogP contribution in [0.1, 0.15) is 5.56 Å². The van der Waals surface area contributed by atoms with Crippen LogP contribution in [0, 0.1) is 0 Å². The van der Waals surface area contributed by atoms with Crippen molar-refractivity contribution in [1.82, 2.24) is 4.90 Å². The summed E-state index contributed by atoms with van der Waals surface area (Å²) in [5.74, 6) is 0.883. The fraction of sp³-hybridized carbons (Fsp3) is 0.278. The number of methoxy groups -OCH3 is 1. The molecule has 0 radical (unpaired) electrons. The minimum absolute atomic E-state index is 0.0757. The van der Waals surface area contributed by atoms with Gasteiger partial charge in [0.2, 0.25) is 5.91 Å². The molecule has 22 heavy (non-hydrogen) atoms. The lowest BCUT2D eigenvalue weighted by atomic mass is 10.2. The van der Waals surface area contributed by atoms with E-state index in [0.717, 1.165) is 11.4 Å². The van der Waals surface area contributed by atoms with E-state index in [0.29, 0.717) is 13.1 Å². The summed E-state index contributed by atoms with van der Waals surface area (Å²) in [6.45, 7) is 1.03. The summed E-state index contributed by atoms with van der Waals surface area (Å²) >= 11 is 0. The highest BCUT2D eigenvalue weighted by atomic mass is 16.5. The molecule has 0 atom stereocenters. The number of benzene rings is 2. The van der Waals surface area contributed by atoms with Gasteiger partial charge in [0.15, 0.2) is 0 Å². The van der Waals surface area contributed by atoms with Crippen molar-refractivity contribution in [2.24, 2.45) is 0 Å². The molecule has 2 aromatic carbocycles. The van der Waals surface area contributed by atoms with Gasteiger partial charge in [-0.1, -0.05) is 30.3 Å². The van der Waals surface area contributed by atoms with Gasteiger partial charge in [-0.3, -0.25) is 4.79 Å². The molecule has 0 heterocycles. The van der Waals surface area contributed by atoms with Gasteiger partial charge in [0.25, 0.3) is 0 Å². The van der Waals surface area contributed by atoms with E-state index in [4.69, 9.17) is 4.74 Å². The zero-order chi connectivity index (χ0) is 15.9. The summed E-state index contributed by atoms with van der Waals surface area (Å²) in [5.41, 5.74) is 2.17. The summed E-state index contributed by atoms with van der Waals surface area (Å²) in [6.07, 6.45) is 0. The first-order valence-corrected chi connectivity index (χ1v) is 7.23. The van der Waals surface area contributed by atoms with E-state index < -0.39 is 0 Å². The van der Waals surface area contributed by atoms with Gasteiger partial charge in [-0.2, -0.15) is 0 Å². The van der Waals surface area contributed by atoms with Gasteiger partial charge in [0.05, 0.1) is 13.7 Å². The lowest BCUT2D eigenvalue weighted by Gasteiger charge is -2.26. The van der Waals surface area contributed by atoms with Gasteiger partial charge >= 0.3 is 0 Å². The molecule has 0 aliphatic carbocycles. The van der Waals surface area contributed by atoms with Gasteiger partial charge in [0, 0.05) is 26.3 Å². The molecule has 0 aliphatic rings. The Morgan fingerprint density at radius 1 is 1.00 bits per heavy atom. The van der Waals surface area contributed by atoms with Gasteiger partial charge < -0.3 is 14.5 Å². The second-order valence-electron chi connectivity index (χ2n) is 5.33. The van der Waals surface area contributed by atoms with Crippen molar-refractivity contribution in [2.75, 3.05) is 32.6 Å². The normalized spacial score (nSPS) is 10.1. The molecule has 2 aromatic rings. The average Bonchev–Trinajstić information content (AvgIpc) is 2.55. The minimum atomic E-state index is 0.0757.